The fourth-order valence-corrected chi connectivity index (χ4v) is 2.43. The van der Waals surface area contributed by atoms with Crippen LogP contribution in [0.25, 0.3) is 0 Å². The standard InChI is InChI=1S/C11H16FNO2S/c1-2-13-7-9(14)8-16(15)11-6-4-3-5-10(11)12/h3-6,9,13-14H,2,7-8H2,1H3. The van der Waals surface area contributed by atoms with Crippen LogP contribution >= 0.6 is 0 Å². The van der Waals surface area contributed by atoms with E-state index in [0.29, 0.717) is 6.54 Å². The summed E-state index contributed by atoms with van der Waals surface area (Å²) in [4.78, 5) is 0.151. The second-order valence-electron chi connectivity index (χ2n) is 3.40. The Kier molecular flexibility index (Phi) is 5.59. The summed E-state index contributed by atoms with van der Waals surface area (Å²) in [5.74, 6) is -0.440. The van der Waals surface area contributed by atoms with Crippen molar-refractivity contribution in [1.29, 1.82) is 0 Å². The Bertz CT molecular complexity index is 360. The van der Waals surface area contributed by atoms with Gasteiger partial charge in [-0.05, 0) is 18.7 Å². The van der Waals surface area contributed by atoms with Crippen LogP contribution in [0.3, 0.4) is 0 Å². The number of rotatable bonds is 6. The van der Waals surface area contributed by atoms with Gasteiger partial charge in [0.05, 0.1) is 27.6 Å². The van der Waals surface area contributed by atoms with E-state index in [1.807, 2.05) is 6.92 Å². The fourth-order valence-electron chi connectivity index (χ4n) is 1.26. The van der Waals surface area contributed by atoms with E-state index in [-0.39, 0.29) is 10.6 Å². The zero-order chi connectivity index (χ0) is 12.0. The number of aliphatic hydroxyl groups is 1. The molecule has 0 amide bonds. The van der Waals surface area contributed by atoms with Crippen LogP contribution in [0.1, 0.15) is 6.92 Å². The zero-order valence-corrected chi connectivity index (χ0v) is 9.97. The molecule has 0 saturated heterocycles. The van der Waals surface area contributed by atoms with E-state index < -0.39 is 22.7 Å². The van der Waals surface area contributed by atoms with Gasteiger partial charge in [-0.15, -0.1) is 0 Å². The van der Waals surface area contributed by atoms with Crippen LogP contribution in [0.4, 0.5) is 4.39 Å². The lowest BCUT2D eigenvalue weighted by atomic mass is 10.3. The van der Waals surface area contributed by atoms with E-state index >= 15 is 0 Å². The molecule has 2 unspecified atom stereocenters. The molecule has 0 radical (unpaired) electrons. The smallest absolute Gasteiger partial charge is 0.139 e. The Hall–Kier alpha value is -0.780. The van der Waals surface area contributed by atoms with Crippen molar-refractivity contribution in [1.82, 2.24) is 5.32 Å². The molecule has 0 aromatic heterocycles. The molecule has 16 heavy (non-hydrogen) atoms. The first kappa shape index (κ1) is 13.3. The molecule has 0 spiro atoms. The van der Waals surface area contributed by atoms with Gasteiger partial charge in [-0.1, -0.05) is 19.1 Å². The van der Waals surface area contributed by atoms with Gasteiger partial charge in [0.25, 0.3) is 0 Å². The van der Waals surface area contributed by atoms with Crippen LogP contribution in [0.2, 0.25) is 0 Å². The number of halogens is 1. The summed E-state index contributed by atoms with van der Waals surface area (Å²) in [5, 5.41) is 12.5. The highest BCUT2D eigenvalue weighted by molar-refractivity contribution is 7.85. The summed E-state index contributed by atoms with van der Waals surface area (Å²) in [6.07, 6.45) is -0.722. The van der Waals surface area contributed by atoms with Gasteiger partial charge in [-0.3, -0.25) is 4.21 Å². The summed E-state index contributed by atoms with van der Waals surface area (Å²) < 4.78 is 25.0. The van der Waals surface area contributed by atoms with Gasteiger partial charge in [0, 0.05) is 6.54 Å². The average Bonchev–Trinajstić information content (AvgIpc) is 2.26. The van der Waals surface area contributed by atoms with Gasteiger partial charge in [0.2, 0.25) is 0 Å². The van der Waals surface area contributed by atoms with Crippen molar-refractivity contribution in [3.63, 3.8) is 0 Å². The molecule has 90 valence electrons. The van der Waals surface area contributed by atoms with E-state index in [0.717, 1.165) is 6.54 Å². The third-order valence-electron chi connectivity index (χ3n) is 2.06. The summed E-state index contributed by atoms with van der Waals surface area (Å²) >= 11 is 0. The minimum absolute atomic E-state index is 0.0495. The predicted octanol–water partition coefficient (Wildman–Crippen LogP) is 0.904. The van der Waals surface area contributed by atoms with Crippen LogP contribution in [-0.4, -0.2) is 34.3 Å². The first-order valence-corrected chi connectivity index (χ1v) is 6.48. The minimum Gasteiger partial charge on any atom is -0.391 e. The molecular formula is C11H16FNO2S. The lowest BCUT2D eigenvalue weighted by Crippen LogP contribution is -2.30. The Morgan fingerprint density at radius 3 is 2.81 bits per heavy atom. The van der Waals surface area contributed by atoms with Crippen molar-refractivity contribution in [2.24, 2.45) is 0 Å². The van der Waals surface area contributed by atoms with Gasteiger partial charge in [-0.25, -0.2) is 4.39 Å². The third kappa shape index (κ3) is 4.00. The van der Waals surface area contributed by atoms with Gasteiger partial charge in [0.1, 0.15) is 5.82 Å². The van der Waals surface area contributed by atoms with Gasteiger partial charge in [-0.2, -0.15) is 0 Å². The van der Waals surface area contributed by atoms with Crippen LogP contribution in [-0.2, 0) is 10.8 Å². The van der Waals surface area contributed by atoms with Gasteiger partial charge in [0.15, 0.2) is 0 Å². The normalized spacial score (nSPS) is 14.7. The molecule has 0 fully saturated rings. The Morgan fingerprint density at radius 1 is 1.50 bits per heavy atom. The van der Waals surface area contributed by atoms with E-state index in [9.17, 15) is 13.7 Å². The zero-order valence-electron chi connectivity index (χ0n) is 9.15. The molecule has 0 aliphatic rings. The molecule has 0 aliphatic heterocycles. The van der Waals surface area contributed by atoms with Crippen molar-refractivity contribution in [2.75, 3.05) is 18.8 Å². The summed E-state index contributed by atoms with van der Waals surface area (Å²) in [6.45, 7) is 3.03. The van der Waals surface area contributed by atoms with Crippen molar-refractivity contribution in [3.8, 4) is 0 Å². The number of hydrogen-bond acceptors (Lipinski definition) is 3. The average molecular weight is 245 g/mol. The van der Waals surface area contributed by atoms with Gasteiger partial charge >= 0.3 is 0 Å². The van der Waals surface area contributed by atoms with E-state index in [1.165, 1.54) is 12.1 Å². The van der Waals surface area contributed by atoms with Crippen molar-refractivity contribution < 1.29 is 13.7 Å². The molecular weight excluding hydrogens is 229 g/mol. The molecule has 0 bridgehead atoms. The summed E-state index contributed by atoms with van der Waals surface area (Å²) in [6, 6.07) is 5.92. The van der Waals surface area contributed by atoms with Crippen LogP contribution < -0.4 is 5.32 Å². The highest BCUT2D eigenvalue weighted by atomic mass is 32.2. The quantitative estimate of drug-likeness (QED) is 0.783. The highest BCUT2D eigenvalue weighted by Crippen LogP contribution is 2.12. The molecule has 1 aromatic carbocycles. The Balaban J connectivity index is 2.56. The van der Waals surface area contributed by atoms with Gasteiger partial charge < -0.3 is 10.4 Å². The second kappa shape index (κ2) is 6.73. The number of likely N-dealkylation sites (N-methyl/N-ethyl adjacent to an activating group) is 1. The predicted molar refractivity (Wildman–Crippen MR) is 62.2 cm³/mol. The lowest BCUT2D eigenvalue weighted by molar-refractivity contribution is 0.195. The third-order valence-corrected chi connectivity index (χ3v) is 3.56. The van der Waals surface area contributed by atoms with Crippen molar-refractivity contribution in [2.45, 2.75) is 17.9 Å². The van der Waals surface area contributed by atoms with Crippen LogP contribution in [0.15, 0.2) is 29.2 Å². The minimum atomic E-state index is -1.49. The second-order valence-corrected chi connectivity index (χ2v) is 4.87. The monoisotopic (exact) mass is 245 g/mol. The maximum atomic E-state index is 13.3. The molecule has 2 N–H and O–H groups in total. The SMILES string of the molecule is CCNCC(O)CS(=O)c1ccccc1F. The number of benzene rings is 1. The maximum Gasteiger partial charge on any atom is 0.139 e. The highest BCUT2D eigenvalue weighted by Gasteiger charge is 2.13. The topological polar surface area (TPSA) is 49.3 Å². The van der Waals surface area contributed by atoms with E-state index in [2.05, 4.69) is 5.32 Å². The molecule has 1 aromatic rings. The number of aliphatic hydroxyl groups excluding tert-OH is 1. The summed E-state index contributed by atoms with van der Waals surface area (Å²) in [5.41, 5.74) is 0. The fraction of sp³-hybridized carbons (Fsp3) is 0.455. The number of hydrogen-bond donors (Lipinski definition) is 2. The van der Waals surface area contributed by atoms with Crippen molar-refractivity contribution in [3.05, 3.63) is 30.1 Å². The molecule has 5 heteroatoms. The molecule has 0 saturated carbocycles. The molecule has 0 heterocycles. The van der Waals surface area contributed by atoms with Crippen LogP contribution in [0, 0.1) is 5.82 Å². The Morgan fingerprint density at radius 2 is 2.19 bits per heavy atom. The van der Waals surface area contributed by atoms with Crippen molar-refractivity contribution >= 4 is 10.8 Å². The molecule has 0 aliphatic carbocycles. The molecule has 1 rings (SSSR count). The van der Waals surface area contributed by atoms with E-state index in [1.54, 1.807) is 12.1 Å². The largest absolute Gasteiger partial charge is 0.391 e. The number of nitrogens with one attached hydrogen (secondary N) is 1. The van der Waals surface area contributed by atoms with E-state index in [4.69, 9.17) is 0 Å². The first-order valence-electron chi connectivity index (χ1n) is 5.16. The maximum absolute atomic E-state index is 13.3. The molecule has 2 atom stereocenters. The lowest BCUT2D eigenvalue weighted by Gasteiger charge is -2.10. The first-order chi connectivity index (χ1) is 7.65. The summed E-state index contributed by atoms with van der Waals surface area (Å²) in [7, 11) is -1.49. The molecule has 3 nitrogen and oxygen atoms in total. The Labute approximate surface area is 97.1 Å². The van der Waals surface area contributed by atoms with Crippen LogP contribution in [0.5, 0.6) is 0 Å².